The molecule has 15 heavy (non-hydrogen) atoms. The van der Waals surface area contributed by atoms with Crippen molar-refractivity contribution in [1.29, 1.82) is 0 Å². The molecule has 0 saturated carbocycles. The second-order valence-corrected chi connectivity index (χ2v) is 4.68. The number of nitrogen functional groups attached to an aromatic ring is 1. The lowest BCUT2D eigenvalue weighted by Gasteiger charge is -2.13. The third-order valence-corrected chi connectivity index (χ3v) is 3.84. The molecule has 0 unspecified atom stereocenters. The minimum absolute atomic E-state index is 0.0814. The topological polar surface area (TPSA) is 26.0 Å². The Labute approximate surface area is 93.1 Å². The van der Waals surface area contributed by atoms with Gasteiger partial charge in [0.25, 0.3) is 0 Å². The number of nitrogens with two attached hydrogens (primary N) is 1. The molecule has 1 rings (SSSR count). The Hall–Kier alpha value is -0.770. The van der Waals surface area contributed by atoms with Crippen LogP contribution in [0, 0.1) is 11.6 Å². The summed E-state index contributed by atoms with van der Waals surface area (Å²) < 4.78 is 26.8. The van der Waals surface area contributed by atoms with E-state index in [1.54, 1.807) is 0 Å². The second kappa shape index (κ2) is 5.35. The molecule has 0 aliphatic rings. The highest BCUT2D eigenvalue weighted by molar-refractivity contribution is 8.00. The SMILES string of the molecule is CCC(CC)Sc1c(F)cc(N)cc1F. The Kier molecular flexibility index (Phi) is 4.39. The molecular formula is C11H15F2NS. The molecule has 1 aromatic rings. The maximum Gasteiger partial charge on any atom is 0.141 e. The van der Waals surface area contributed by atoms with Gasteiger partial charge in [-0.15, -0.1) is 11.8 Å². The Morgan fingerprint density at radius 3 is 2.07 bits per heavy atom. The van der Waals surface area contributed by atoms with E-state index in [9.17, 15) is 8.78 Å². The van der Waals surface area contributed by atoms with E-state index in [-0.39, 0.29) is 15.8 Å². The van der Waals surface area contributed by atoms with Crippen molar-refractivity contribution in [1.82, 2.24) is 0 Å². The van der Waals surface area contributed by atoms with Crippen molar-refractivity contribution >= 4 is 17.4 Å². The smallest absolute Gasteiger partial charge is 0.141 e. The molecular weight excluding hydrogens is 216 g/mol. The molecule has 84 valence electrons. The standard InChI is InChI=1S/C11H15F2NS/c1-3-8(4-2)15-11-9(12)5-7(14)6-10(11)13/h5-6,8H,3-4,14H2,1-2H3. The highest BCUT2D eigenvalue weighted by Crippen LogP contribution is 2.32. The number of rotatable bonds is 4. The van der Waals surface area contributed by atoms with Crippen molar-refractivity contribution < 1.29 is 8.78 Å². The van der Waals surface area contributed by atoms with Crippen LogP contribution in [0.15, 0.2) is 17.0 Å². The Balaban J connectivity index is 2.94. The summed E-state index contributed by atoms with van der Waals surface area (Å²) in [4.78, 5) is 0.0814. The Morgan fingerprint density at radius 2 is 1.67 bits per heavy atom. The van der Waals surface area contributed by atoms with Crippen LogP contribution in [0.2, 0.25) is 0 Å². The van der Waals surface area contributed by atoms with Crippen LogP contribution in [-0.2, 0) is 0 Å². The van der Waals surface area contributed by atoms with Crippen molar-refractivity contribution in [3.63, 3.8) is 0 Å². The normalized spacial score (nSPS) is 11.0. The van der Waals surface area contributed by atoms with Crippen LogP contribution in [0.3, 0.4) is 0 Å². The number of thioether (sulfide) groups is 1. The highest BCUT2D eigenvalue weighted by Gasteiger charge is 2.15. The van der Waals surface area contributed by atoms with Gasteiger partial charge >= 0.3 is 0 Å². The summed E-state index contributed by atoms with van der Waals surface area (Å²) >= 11 is 1.25. The molecule has 0 atom stereocenters. The van der Waals surface area contributed by atoms with E-state index in [1.807, 2.05) is 13.8 Å². The van der Waals surface area contributed by atoms with Gasteiger partial charge in [-0.05, 0) is 25.0 Å². The lowest BCUT2D eigenvalue weighted by molar-refractivity contribution is 0.540. The van der Waals surface area contributed by atoms with Gasteiger partial charge in [0.2, 0.25) is 0 Å². The van der Waals surface area contributed by atoms with E-state index in [1.165, 1.54) is 11.8 Å². The quantitative estimate of drug-likeness (QED) is 0.629. The van der Waals surface area contributed by atoms with Crippen LogP contribution in [0.4, 0.5) is 14.5 Å². The van der Waals surface area contributed by atoms with E-state index in [0.29, 0.717) is 0 Å². The fourth-order valence-corrected chi connectivity index (χ4v) is 2.32. The van der Waals surface area contributed by atoms with Crippen molar-refractivity contribution in [2.75, 3.05) is 5.73 Å². The van der Waals surface area contributed by atoms with Crippen LogP contribution >= 0.6 is 11.8 Å². The molecule has 0 aliphatic heterocycles. The first-order chi connectivity index (χ1) is 7.08. The molecule has 0 saturated heterocycles. The van der Waals surface area contributed by atoms with Gasteiger partial charge in [-0.2, -0.15) is 0 Å². The van der Waals surface area contributed by atoms with Gasteiger partial charge in [0, 0.05) is 10.9 Å². The summed E-state index contributed by atoms with van der Waals surface area (Å²) in [6.07, 6.45) is 1.79. The van der Waals surface area contributed by atoms with Crippen LogP contribution in [0.1, 0.15) is 26.7 Å². The van der Waals surface area contributed by atoms with Gasteiger partial charge in [0.1, 0.15) is 11.6 Å². The van der Waals surface area contributed by atoms with E-state index in [0.717, 1.165) is 25.0 Å². The number of benzene rings is 1. The largest absolute Gasteiger partial charge is 0.399 e. The average Bonchev–Trinajstić information content (AvgIpc) is 2.17. The lowest BCUT2D eigenvalue weighted by atomic mass is 10.3. The molecule has 0 amide bonds. The van der Waals surface area contributed by atoms with Crippen molar-refractivity contribution in [2.45, 2.75) is 36.8 Å². The molecule has 0 spiro atoms. The third kappa shape index (κ3) is 3.09. The molecule has 0 aliphatic carbocycles. The Bertz CT molecular complexity index is 314. The van der Waals surface area contributed by atoms with Crippen molar-refractivity contribution in [2.24, 2.45) is 0 Å². The van der Waals surface area contributed by atoms with Crippen LogP contribution in [0.25, 0.3) is 0 Å². The van der Waals surface area contributed by atoms with Crippen molar-refractivity contribution in [3.8, 4) is 0 Å². The zero-order chi connectivity index (χ0) is 11.4. The molecule has 0 radical (unpaired) electrons. The molecule has 4 heteroatoms. The molecule has 0 aromatic heterocycles. The van der Waals surface area contributed by atoms with Gasteiger partial charge in [-0.3, -0.25) is 0 Å². The number of halogens is 2. The van der Waals surface area contributed by atoms with Crippen molar-refractivity contribution in [3.05, 3.63) is 23.8 Å². The number of hydrogen-bond acceptors (Lipinski definition) is 2. The maximum atomic E-state index is 13.4. The molecule has 0 fully saturated rings. The molecule has 1 aromatic carbocycles. The Morgan fingerprint density at radius 1 is 1.20 bits per heavy atom. The molecule has 2 N–H and O–H groups in total. The lowest BCUT2D eigenvalue weighted by Crippen LogP contribution is -2.01. The van der Waals surface area contributed by atoms with Gasteiger partial charge in [-0.1, -0.05) is 13.8 Å². The summed E-state index contributed by atoms with van der Waals surface area (Å²) in [7, 11) is 0. The predicted molar refractivity (Wildman–Crippen MR) is 61.0 cm³/mol. The molecule has 0 bridgehead atoms. The fourth-order valence-electron chi connectivity index (χ4n) is 1.31. The van der Waals surface area contributed by atoms with E-state index >= 15 is 0 Å². The predicted octanol–water partition coefficient (Wildman–Crippen LogP) is 3.83. The summed E-state index contributed by atoms with van der Waals surface area (Å²) in [5.74, 6) is -1.13. The first-order valence-corrected chi connectivity index (χ1v) is 5.87. The summed E-state index contributed by atoms with van der Waals surface area (Å²) in [5, 5.41) is 0.248. The molecule has 1 nitrogen and oxygen atoms in total. The summed E-state index contributed by atoms with van der Waals surface area (Å²) in [6, 6.07) is 2.32. The summed E-state index contributed by atoms with van der Waals surface area (Å²) in [6.45, 7) is 4.02. The second-order valence-electron chi connectivity index (χ2n) is 3.37. The first kappa shape index (κ1) is 12.3. The first-order valence-electron chi connectivity index (χ1n) is 4.99. The van der Waals surface area contributed by atoms with Crippen LogP contribution < -0.4 is 5.73 Å². The minimum atomic E-state index is -0.565. The van der Waals surface area contributed by atoms with Crippen LogP contribution in [-0.4, -0.2) is 5.25 Å². The zero-order valence-electron chi connectivity index (χ0n) is 8.89. The molecule has 0 heterocycles. The zero-order valence-corrected chi connectivity index (χ0v) is 9.70. The average molecular weight is 231 g/mol. The van der Waals surface area contributed by atoms with Gasteiger partial charge in [0.15, 0.2) is 0 Å². The van der Waals surface area contributed by atoms with E-state index < -0.39 is 11.6 Å². The van der Waals surface area contributed by atoms with Gasteiger partial charge in [-0.25, -0.2) is 8.78 Å². The number of hydrogen-bond donors (Lipinski definition) is 1. The summed E-state index contributed by atoms with van der Waals surface area (Å²) in [5.41, 5.74) is 5.46. The maximum absolute atomic E-state index is 13.4. The highest BCUT2D eigenvalue weighted by atomic mass is 32.2. The van der Waals surface area contributed by atoms with Gasteiger partial charge < -0.3 is 5.73 Å². The fraction of sp³-hybridized carbons (Fsp3) is 0.455. The van der Waals surface area contributed by atoms with Crippen LogP contribution in [0.5, 0.6) is 0 Å². The van der Waals surface area contributed by atoms with E-state index in [4.69, 9.17) is 5.73 Å². The monoisotopic (exact) mass is 231 g/mol. The van der Waals surface area contributed by atoms with E-state index in [2.05, 4.69) is 0 Å². The minimum Gasteiger partial charge on any atom is -0.399 e. The third-order valence-electron chi connectivity index (χ3n) is 2.22. The number of anilines is 1. The van der Waals surface area contributed by atoms with Gasteiger partial charge in [0.05, 0.1) is 4.90 Å².